The topological polar surface area (TPSA) is 43.8 Å². The molecule has 1 unspecified atom stereocenters. The minimum Gasteiger partial charge on any atom is -0.478 e. The first-order valence-electron chi connectivity index (χ1n) is 6.38. The maximum absolute atomic E-state index is 13.3. The number of hydrogen-bond acceptors (Lipinski definition) is 3. The zero-order chi connectivity index (χ0) is 14.0. The van der Waals surface area contributed by atoms with Gasteiger partial charge in [0.05, 0.1) is 5.56 Å². The number of rotatable bonds is 4. The van der Waals surface area contributed by atoms with Crippen molar-refractivity contribution in [3.8, 4) is 0 Å². The molecule has 1 saturated heterocycles. The molecule has 1 atom stereocenters. The van der Waals surface area contributed by atoms with Gasteiger partial charge < -0.3 is 10.0 Å². The SMILES string of the molecule is CN(C)C1CCN(Cc2ccc(F)c(C(=O)O)c2)C1. The fourth-order valence-electron chi connectivity index (χ4n) is 2.47. The van der Waals surface area contributed by atoms with Gasteiger partial charge in [-0.15, -0.1) is 0 Å². The lowest BCUT2D eigenvalue weighted by atomic mass is 10.1. The summed E-state index contributed by atoms with van der Waals surface area (Å²) in [6, 6.07) is 4.86. The molecule has 104 valence electrons. The number of likely N-dealkylation sites (tertiary alicyclic amines) is 1. The summed E-state index contributed by atoms with van der Waals surface area (Å²) in [5.41, 5.74) is 0.596. The zero-order valence-electron chi connectivity index (χ0n) is 11.3. The first kappa shape index (κ1) is 14.0. The number of carbonyl (C=O) groups is 1. The number of hydrogen-bond donors (Lipinski definition) is 1. The Labute approximate surface area is 112 Å². The first-order valence-corrected chi connectivity index (χ1v) is 6.38. The summed E-state index contributed by atoms with van der Waals surface area (Å²) >= 11 is 0. The van der Waals surface area contributed by atoms with Crippen LogP contribution in [-0.2, 0) is 6.54 Å². The Morgan fingerprint density at radius 2 is 2.26 bits per heavy atom. The second kappa shape index (κ2) is 5.67. The van der Waals surface area contributed by atoms with Gasteiger partial charge in [-0.05, 0) is 38.2 Å². The van der Waals surface area contributed by atoms with Crippen LogP contribution in [0.1, 0.15) is 22.3 Å². The maximum Gasteiger partial charge on any atom is 0.338 e. The number of halogens is 1. The van der Waals surface area contributed by atoms with E-state index in [1.807, 2.05) is 0 Å². The Morgan fingerprint density at radius 1 is 1.53 bits per heavy atom. The number of aromatic carboxylic acids is 1. The Morgan fingerprint density at radius 3 is 2.84 bits per heavy atom. The first-order chi connectivity index (χ1) is 8.97. The third kappa shape index (κ3) is 3.30. The van der Waals surface area contributed by atoms with Gasteiger partial charge in [0.1, 0.15) is 5.82 Å². The van der Waals surface area contributed by atoms with Crippen LogP contribution in [0.2, 0.25) is 0 Å². The van der Waals surface area contributed by atoms with E-state index in [2.05, 4.69) is 23.9 Å². The summed E-state index contributed by atoms with van der Waals surface area (Å²) < 4.78 is 13.3. The molecule has 19 heavy (non-hydrogen) atoms. The van der Waals surface area contributed by atoms with Crippen LogP contribution < -0.4 is 0 Å². The summed E-state index contributed by atoms with van der Waals surface area (Å²) in [7, 11) is 4.13. The van der Waals surface area contributed by atoms with Gasteiger partial charge in [0.2, 0.25) is 0 Å². The number of benzene rings is 1. The molecule has 0 spiro atoms. The summed E-state index contributed by atoms with van der Waals surface area (Å²) in [6.07, 6.45) is 1.11. The maximum atomic E-state index is 13.3. The Balaban J connectivity index is 2.04. The molecule has 1 aromatic rings. The highest BCUT2D eigenvalue weighted by Crippen LogP contribution is 2.18. The normalized spacial score (nSPS) is 20.1. The van der Waals surface area contributed by atoms with Crippen LogP contribution in [0, 0.1) is 5.82 Å². The van der Waals surface area contributed by atoms with E-state index in [-0.39, 0.29) is 5.56 Å². The van der Waals surface area contributed by atoms with Crippen molar-refractivity contribution >= 4 is 5.97 Å². The third-order valence-electron chi connectivity index (χ3n) is 3.65. The molecule has 2 rings (SSSR count). The van der Waals surface area contributed by atoms with Gasteiger partial charge in [0.25, 0.3) is 0 Å². The molecule has 1 heterocycles. The van der Waals surface area contributed by atoms with Crippen molar-refractivity contribution in [1.29, 1.82) is 0 Å². The third-order valence-corrected chi connectivity index (χ3v) is 3.65. The predicted molar refractivity (Wildman–Crippen MR) is 70.7 cm³/mol. The number of likely N-dealkylation sites (N-methyl/N-ethyl adjacent to an activating group) is 1. The van der Waals surface area contributed by atoms with E-state index >= 15 is 0 Å². The molecule has 0 saturated carbocycles. The van der Waals surface area contributed by atoms with Crippen LogP contribution in [-0.4, -0.2) is 54.1 Å². The van der Waals surface area contributed by atoms with E-state index in [1.54, 1.807) is 6.07 Å². The fourth-order valence-corrected chi connectivity index (χ4v) is 2.47. The molecule has 1 aliphatic heterocycles. The molecule has 1 N–H and O–H groups in total. The van der Waals surface area contributed by atoms with Gasteiger partial charge in [0.15, 0.2) is 0 Å². The second-order valence-corrected chi connectivity index (χ2v) is 5.26. The van der Waals surface area contributed by atoms with Crippen LogP contribution >= 0.6 is 0 Å². The highest BCUT2D eigenvalue weighted by atomic mass is 19.1. The second-order valence-electron chi connectivity index (χ2n) is 5.26. The van der Waals surface area contributed by atoms with Crippen molar-refractivity contribution in [2.24, 2.45) is 0 Å². The van der Waals surface area contributed by atoms with Crippen LogP contribution in [0.3, 0.4) is 0 Å². The average Bonchev–Trinajstić information content (AvgIpc) is 2.80. The molecule has 1 aliphatic rings. The van der Waals surface area contributed by atoms with Crippen LogP contribution in [0.25, 0.3) is 0 Å². The summed E-state index contributed by atoms with van der Waals surface area (Å²) in [5.74, 6) is -1.89. The lowest BCUT2D eigenvalue weighted by Crippen LogP contribution is -2.31. The summed E-state index contributed by atoms with van der Waals surface area (Å²) in [6.45, 7) is 2.63. The Kier molecular flexibility index (Phi) is 4.17. The lowest BCUT2D eigenvalue weighted by Gasteiger charge is -2.20. The van der Waals surface area contributed by atoms with Gasteiger partial charge >= 0.3 is 5.97 Å². The highest BCUT2D eigenvalue weighted by Gasteiger charge is 2.24. The van der Waals surface area contributed by atoms with Crippen LogP contribution in [0.4, 0.5) is 4.39 Å². The van der Waals surface area contributed by atoms with E-state index in [0.29, 0.717) is 12.6 Å². The minimum absolute atomic E-state index is 0.249. The van der Waals surface area contributed by atoms with Gasteiger partial charge in [0, 0.05) is 25.7 Å². The molecule has 1 aromatic carbocycles. The predicted octanol–water partition coefficient (Wildman–Crippen LogP) is 1.66. The molecular formula is C14H19FN2O2. The standard InChI is InChI=1S/C14H19FN2O2/c1-16(2)11-5-6-17(9-11)8-10-3-4-13(15)12(7-10)14(18)19/h3-4,7,11H,5-6,8-9H2,1-2H3,(H,18,19). The van der Waals surface area contributed by atoms with Crippen molar-refractivity contribution in [2.75, 3.05) is 27.2 Å². The minimum atomic E-state index is -1.22. The van der Waals surface area contributed by atoms with Gasteiger partial charge in [-0.3, -0.25) is 4.90 Å². The molecule has 0 aliphatic carbocycles. The van der Waals surface area contributed by atoms with Crippen LogP contribution in [0.5, 0.6) is 0 Å². The molecule has 5 heteroatoms. The lowest BCUT2D eigenvalue weighted by molar-refractivity contribution is 0.0691. The highest BCUT2D eigenvalue weighted by molar-refractivity contribution is 5.88. The van der Waals surface area contributed by atoms with Crippen molar-refractivity contribution in [3.05, 3.63) is 35.1 Å². The summed E-state index contributed by atoms with van der Waals surface area (Å²) in [4.78, 5) is 15.4. The zero-order valence-corrected chi connectivity index (χ0v) is 11.3. The van der Waals surface area contributed by atoms with E-state index in [1.165, 1.54) is 12.1 Å². The van der Waals surface area contributed by atoms with Crippen molar-refractivity contribution in [3.63, 3.8) is 0 Å². The Hall–Kier alpha value is -1.46. The average molecular weight is 266 g/mol. The van der Waals surface area contributed by atoms with E-state index in [9.17, 15) is 9.18 Å². The molecule has 0 bridgehead atoms. The fraction of sp³-hybridized carbons (Fsp3) is 0.500. The van der Waals surface area contributed by atoms with Gasteiger partial charge in [-0.25, -0.2) is 9.18 Å². The quantitative estimate of drug-likeness (QED) is 0.900. The number of nitrogens with zero attached hydrogens (tertiary/aromatic N) is 2. The summed E-state index contributed by atoms with van der Waals surface area (Å²) in [5, 5.41) is 8.91. The van der Waals surface area contributed by atoms with Crippen molar-refractivity contribution in [2.45, 2.75) is 19.0 Å². The van der Waals surface area contributed by atoms with Crippen molar-refractivity contribution in [1.82, 2.24) is 9.80 Å². The van der Waals surface area contributed by atoms with Gasteiger partial charge in [-0.2, -0.15) is 0 Å². The van der Waals surface area contributed by atoms with Crippen molar-refractivity contribution < 1.29 is 14.3 Å². The monoisotopic (exact) mass is 266 g/mol. The molecule has 0 radical (unpaired) electrons. The Bertz CT molecular complexity index is 477. The molecule has 0 aromatic heterocycles. The van der Waals surface area contributed by atoms with Gasteiger partial charge in [-0.1, -0.05) is 6.07 Å². The van der Waals surface area contributed by atoms with Crippen LogP contribution in [0.15, 0.2) is 18.2 Å². The number of carboxylic acids is 1. The van der Waals surface area contributed by atoms with E-state index in [4.69, 9.17) is 5.11 Å². The molecule has 0 amide bonds. The van der Waals surface area contributed by atoms with E-state index < -0.39 is 11.8 Å². The molecule has 1 fully saturated rings. The number of carboxylic acid groups (broad SMARTS) is 1. The smallest absolute Gasteiger partial charge is 0.338 e. The largest absolute Gasteiger partial charge is 0.478 e. The molecular weight excluding hydrogens is 247 g/mol. The molecule has 4 nitrogen and oxygen atoms in total. The van der Waals surface area contributed by atoms with E-state index in [0.717, 1.165) is 25.1 Å².